The number of rotatable bonds is 6. The normalized spacial score (nSPS) is 15.4. The molecular weight excluding hydrogens is 338 g/mol. The van der Waals surface area contributed by atoms with Gasteiger partial charge in [0.2, 0.25) is 0 Å². The summed E-state index contributed by atoms with van der Waals surface area (Å²) >= 11 is 0. The van der Waals surface area contributed by atoms with E-state index in [-0.39, 0.29) is 0 Å². The average molecular weight is 361 g/mol. The van der Waals surface area contributed by atoms with Crippen LogP contribution >= 0.6 is 0 Å². The Balaban J connectivity index is 1.29. The minimum atomic E-state index is 0.427. The van der Waals surface area contributed by atoms with E-state index in [9.17, 15) is 0 Å². The van der Waals surface area contributed by atoms with Crippen molar-refractivity contribution in [2.45, 2.75) is 25.4 Å². The quantitative estimate of drug-likeness (QED) is 0.698. The Morgan fingerprint density at radius 1 is 0.926 bits per heavy atom. The van der Waals surface area contributed by atoms with Crippen molar-refractivity contribution in [3.05, 3.63) is 66.9 Å². The molecule has 3 heterocycles. The van der Waals surface area contributed by atoms with Crippen LogP contribution in [0.1, 0.15) is 18.4 Å². The summed E-state index contributed by atoms with van der Waals surface area (Å²) in [5, 5.41) is 6.68. The number of nitrogens with one attached hydrogen (secondary N) is 2. The van der Waals surface area contributed by atoms with Gasteiger partial charge in [-0.05, 0) is 18.4 Å². The number of nitrogens with zero attached hydrogens (tertiary/aromatic N) is 5. The third-order valence-corrected chi connectivity index (χ3v) is 4.67. The standard InChI is InChI=1S/C20H23N7/c1-2-4-16(5-3-1)14-27-10-6-17(7-11-27)25-18-12-19(24-15-23-18)26-20-13-21-8-9-22-20/h1-5,8-9,12-13,15,17H,6-7,10-11,14H2,(H2,22,23,24,25,26). The molecule has 0 unspecified atom stereocenters. The second kappa shape index (κ2) is 8.55. The maximum atomic E-state index is 4.35. The molecule has 0 amide bonds. The molecule has 138 valence electrons. The first kappa shape index (κ1) is 17.4. The van der Waals surface area contributed by atoms with Gasteiger partial charge in [0, 0.05) is 44.1 Å². The highest BCUT2D eigenvalue weighted by Gasteiger charge is 2.19. The highest BCUT2D eigenvalue weighted by Crippen LogP contribution is 2.19. The van der Waals surface area contributed by atoms with Crippen molar-refractivity contribution in [3.8, 4) is 0 Å². The molecule has 7 nitrogen and oxygen atoms in total. The van der Waals surface area contributed by atoms with Crippen LogP contribution < -0.4 is 10.6 Å². The zero-order valence-corrected chi connectivity index (χ0v) is 15.1. The van der Waals surface area contributed by atoms with E-state index in [4.69, 9.17) is 0 Å². The highest BCUT2D eigenvalue weighted by molar-refractivity contribution is 5.54. The van der Waals surface area contributed by atoms with Gasteiger partial charge in [-0.3, -0.25) is 9.88 Å². The Hall–Kier alpha value is -3.06. The van der Waals surface area contributed by atoms with E-state index in [1.165, 1.54) is 5.56 Å². The fourth-order valence-corrected chi connectivity index (χ4v) is 3.29. The van der Waals surface area contributed by atoms with Gasteiger partial charge in [-0.1, -0.05) is 30.3 Å². The molecule has 7 heteroatoms. The molecule has 0 bridgehead atoms. The lowest BCUT2D eigenvalue weighted by Gasteiger charge is -2.32. The number of aromatic nitrogens is 4. The number of hydrogen-bond donors (Lipinski definition) is 2. The van der Waals surface area contributed by atoms with Crippen LogP contribution in [-0.2, 0) is 6.54 Å². The van der Waals surface area contributed by atoms with E-state index in [0.29, 0.717) is 17.7 Å². The number of anilines is 3. The predicted octanol–water partition coefficient (Wildman–Crippen LogP) is 3.09. The molecule has 0 aliphatic carbocycles. The summed E-state index contributed by atoms with van der Waals surface area (Å²) in [7, 11) is 0. The summed E-state index contributed by atoms with van der Waals surface area (Å²) in [5.74, 6) is 2.20. The van der Waals surface area contributed by atoms with Crippen molar-refractivity contribution in [1.29, 1.82) is 0 Å². The SMILES string of the molecule is c1ccc(CN2CCC(Nc3cc(Nc4cnccn4)ncn3)CC2)cc1. The van der Waals surface area contributed by atoms with Crippen LogP contribution in [0.3, 0.4) is 0 Å². The molecule has 4 rings (SSSR count). The van der Waals surface area contributed by atoms with Gasteiger partial charge in [0.15, 0.2) is 0 Å². The molecule has 3 aromatic rings. The van der Waals surface area contributed by atoms with Gasteiger partial charge >= 0.3 is 0 Å². The summed E-state index contributed by atoms with van der Waals surface area (Å²) in [6, 6.07) is 13.0. The fourth-order valence-electron chi connectivity index (χ4n) is 3.29. The molecule has 1 fully saturated rings. The molecular formula is C20H23N7. The molecule has 0 atom stereocenters. The third kappa shape index (κ3) is 4.98. The van der Waals surface area contributed by atoms with E-state index >= 15 is 0 Å². The average Bonchev–Trinajstić information content (AvgIpc) is 2.71. The van der Waals surface area contributed by atoms with Crippen LogP contribution in [0, 0.1) is 0 Å². The van der Waals surface area contributed by atoms with Crippen molar-refractivity contribution >= 4 is 17.5 Å². The zero-order valence-electron chi connectivity index (χ0n) is 15.1. The first-order chi connectivity index (χ1) is 13.3. The Morgan fingerprint density at radius 2 is 1.74 bits per heavy atom. The monoisotopic (exact) mass is 361 g/mol. The molecule has 1 aliphatic rings. The zero-order chi connectivity index (χ0) is 18.3. The van der Waals surface area contributed by atoms with Crippen molar-refractivity contribution in [3.63, 3.8) is 0 Å². The lowest BCUT2D eigenvalue weighted by Crippen LogP contribution is -2.38. The van der Waals surface area contributed by atoms with E-state index in [2.05, 4.69) is 65.8 Å². The van der Waals surface area contributed by atoms with Crippen LogP contribution in [0.4, 0.5) is 17.5 Å². The number of piperidine rings is 1. The van der Waals surface area contributed by atoms with Crippen molar-refractivity contribution in [2.24, 2.45) is 0 Å². The fraction of sp³-hybridized carbons (Fsp3) is 0.300. The minimum Gasteiger partial charge on any atom is -0.367 e. The van der Waals surface area contributed by atoms with E-state index in [0.717, 1.165) is 38.3 Å². The topological polar surface area (TPSA) is 78.9 Å². The van der Waals surface area contributed by atoms with Crippen LogP contribution in [0.2, 0.25) is 0 Å². The lowest BCUT2D eigenvalue weighted by molar-refractivity contribution is 0.211. The molecule has 0 saturated carbocycles. The summed E-state index contributed by atoms with van der Waals surface area (Å²) in [6.45, 7) is 3.19. The Morgan fingerprint density at radius 3 is 2.52 bits per heavy atom. The predicted molar refractivity (Wildman–Crippen MR) is 106 cm³/mol. The molecule has 1 aromatic carbocycles. The van der Waals surface area contributed by atoms with Crippen LogP contribution in [0.5, 0.6) is 0 Å². The van der Waals surface area contributed by atoms with Crippen molar-refractivity contribution in [2.75, 3.05) is 23.7 Å². The summed E-state index contributed by atoms with van der Waals surface area (Å²) in [4.78, 5) is 19.4. The van der Waals surface area contributed by atoms with Crippen molar-refractivity contribution in [1.82, 2.24) is 24.8 Å². The number of hydrogen-bond acceptors (Lipinski definition) is 7. The van der Waals surface area contributed by atoms with Gasteiger partial charge in [0.1, 0.15) is 23.8 Å². The van der Waals surface area contributed by atoms with Gasteiger partial charge < -0.3 is 10.6 Å². The molecule has 1 aliphatic heterocycles. The summed E-state index contributed by atoms with van der Waals surface area (Å²) < 4.78 is 0. The Bertz CT molecular complexity index is 833. The molecule has 27 heavy (non-hydrogen) atoms. The summed E-state index contributed by atoms with van der Waals surface area (Å²) in [5.41, 5.74) is 1.37. The molecule has 0 spiro atoms. The molecule has 2 N–H and O–H groups in total. The second-order valence-electron chi connectivity index (χ2n) is 6.68. The largest absolute Gasteiger partial charge is 0.367 e. The maximum Gasteiger partial charge on any atom is 0.150 e. The van der Waals surface area contributed by atoms with Gasteiger partial charge in [-0.2, -0.15) is 0 Å². The smallest absolute Gasteiger partial charge is 0.150 e. The first-order valence-corrected chi connectivity index (χ1v) is 9.23. The van der Waals surface area contributed by atoms with Crippen LogP contribution in [0.25, 0.3) is 0 Å². The van der Waals surface area contributed by atoms with E-state index in [1.807, 2.05) is 6.07 Å². The van der Waals surface area contributed by atoms with Gasteiger partial charge in [0.25, 0.3) is 0 Å². The molecule has 1 saturated heterocycles. The Kier molecular flexibility index (Phi) is 5.50. The van der Waals surface area contributed by atoms with Crippen molar-refractivity contribution < 1.29 is 0 Å². The minimum absolute atomic E-state index is 0.427. The van der Waals surface area contributed by atoms with Gasteiger partial charge in [-0.25, -0.2) is 15.0 Å². The molecule has 0 radical (unpaired) electrons. The van der Waals surface area contributed by atoms with Gasteiger partial charge in [0.05, 0.1) is 6.20 Å². The van der Waals surface area contributed by atoms with E-state index in [1.54, 1.807) is 24.9 Å². The maximum absolute atomic E-state index is 4.35. The number of benzene rings is 1. The summed E-state index contributed by atoms with van der Waals surface area (Å²) in [6.07, 6.45) is 8.71. The van der Waals surface area contributed by atoms with Crippen LogP contribution in [0.15, 0.2) is 61.3 Å². The molecule has 2 aromatic heterocycles. The second-order valence-corrected chi connectivity index (χ2v) is 6.68. The van der Waals surface area contributed by atoms with E-state index < -0.39 is 0 Å². The highest BCUT2D eigenvalue weighted by atomic mass is 15.2. The third-order valence-electron chi connectivity index (χ3n) is 4.67. The number of likely N-dealkylation sites (tertiary alicyclic amines) is 1. The first-order valence-electron chi connectivity index (χ1n) is 9.23. The lowest BCUT2D eigenvalue weighted by atomic mass is 10.0. The Labute approximate surface area is 158 Å². The van der Waals surface area contributed by atoms with Crippen LogP contribution in [-0.4, -0.2) is 44.0 Å². The van der Waals surface area contributed by atoms with Gasteiger partial charge in [-0.15, -0.1) is 0 Å².